The number of hydrogen-bond donors (Lipinski definition) is 1. The van der Waals surface area contributed by atoms with Crippen LogP contribution in [-0.4, -0.2) is 24.0 Å². The number of nitriles is 1. The third-order valence-corrected chi connectivity index (χ3v) is 2.89. The van der Waals surface area contributed by atoms with Gasteiger partial charge in [0.15, 0.2) is 0 Å². The molecule has 0 aromatic heterocycles. The Morgan fingerprint density at radius 3 is 3.00 bits per heavy atom. The van der Waals surface area contributed by atoms with Crippen LogP contribution in [0.2, 0.25) is 0 Å². The molecule has 4 heteroatoms. The summed E-state index contributed by atoms with van der Waals surface area (Å²) in [5.41, 5.74) is 7.09. The fourth-order valence-corrected chi connectivity index (χ4v) is 2.05. The van der Waals surface area contributed by atoms with Gasteiger partial charge < -0.3 is 5.73 Å². The summed E-state index contributed by atoms with van der Waals surface area (Å²) in [7, 11) is 0. The highest BCUT2D eigenvalue weighted by Crippen LogP contribution is 2.16. The smallest absolute Gasteiger partial charge is 0.123 e. The largest absolute Gasteiger partial charge is 0.326 e. The highest BCUT2D eigenvalue weighted by atomic mass is 19.1. The van der Waals surface area contributed by atoms with Gasteiger partial charge in [0.05, 0.1) is 11.6 Å². The maximum Gasteiger partial charge on any atom is 0.123 e. The molecule has 0 aliphatic carbocycles. The van der Waals surface area contributed by atoms with E-state index >= 15 is 0 Å². The quantitative estimate of drug-likeness (QED) is 0.814. The van der Waals surface area contributed by atoms with E-state index in [1.807, 2.05) is 0 Å². The second-order valence-electron chi connectivity index (χ2n) is 4.20. The molecule has 2 rings (SSSR count). The summed E-state index contributed by atoms with van der Waals surface area (Å²) >= 11 is 0. The molecule has 1 aromatic rings. The molecular formula is C12H14FN3. The minimum Gasteiger partial charge on any atom is -0.326 e. The van der Waals surface area contributed by atoms with Crippen LogP contribution in [-0.2, 0) is 6.54 Å². The van der Waals surface area contributed by atoms with Crippen LogP contribution < -0.4 is 5.73 Å². The molecule has 1 aliphatic heterocycles. The lowest BCUT2D eigenvalue weighted by atomic mass is 10.1. The van der Waals surface area contributed by atoms with Crippen molar-refractivity contribution in [1.82, 2.24) is 4.90 Å². The zero-order chi connectivity index (χ0) is 11.5. The predicted octanol–water partition coefficient (Wildman–Crippen LogP) is 1.23. The molecule has 1 fully saturated rings. The van der Waals surface area contributed by atoms with Crippen molar-refractivity contribution >= 4 is 0 Å². The molecule has 0 saturated carbocycles. The molecule has 84 valence electrons. The molecule has 1 atom stereocenters. The Bertz CT molecular complexity index is 425. The predicted molar refractivity (Wildman–Crippen MR) is 59.0 cm³/mol. The molecule has 3 nitrogen and oxygen atoms in total. The zero-order valence-electron chi connectivity index (χ0n) is 8.99. The summed E-state index contributed by atoms with van der Waals surface area (Å²) in [4.78, 5) is 2.15. The third-order valence-electron chi connectivity index (χ3n) is 2.89. The minimum atomic E-state index is -0.294. The fraction of sp³-hybridized carbons (Fsp3) is 0.417. The third kappa shape index (κ3) is 2.38. The number of benzene rings is 1. The molecule has 2 N–H and O–H groups in total. The normalized spacial score (nSPS) is 20.9. The van der Waals surface area contributed by atoms with Crippen LogP contribution in [0.5, 0.6) is 0 Å². The minimum absolute atomic E-state index is 0.207. The van der Waals surface area contributed by atoms with Crippen LogP contribution >= 0.6 is 0 Å². The molecule has 1 aromatic carbocycles. The first-order valence-electron chi connectivity index (χ1n) is 5.35. The van der Waals surface area contributed by atoms with Crippen LogP contribution in [0.25, 0.3) is 0 Å². The summed E-state index contributed by atoms with van der Waals surface area (Å²) in [6, 6.07) is 6.57. The average molecular weight is 219 g/mol. The number of nitrogens with zero attached hydrogens (tertiary/aromatic N) is 2. The molecule has 1 heterocycles. The van der Waals surface area contributed by atoms with Gasteiger partial charge >= 0.3 is 0 Å². The number of rotatable bonds is 2. The molecule has 0 spiro atoms. The van der Waals surface area contributed by atoms with Gasteiger partial charge in [0, 0.05) is 25.7 Å². The maximum absolute atomic E-state index is 13.1. The maximum atomic E-state index is 13.1. The van der Waals surface area contributed by atoms with E-state index in [9.17, 15) is 4.39 Å². The van der Waals surface area contributed by atoms with Gasteiger partial charge in [0.1, 0.15) is 5.82 Å². The van der Waals surface area contributed by atoms with E-state index in [2.05, 4.69) is 11.0 Å². The molecule has 0 amide bonds. The molecular weight excluding hydrogens is 205 g/mol. The van der Waals surface area contributed by atoms with Crippen molar-refractivity contribution in [3.63, 3.8) is 0 Å². The average Bonchev–Trinajstić information content (AvgIpc) is 2.64. The monoisotopic (exact) mass is 219 g/mol. The summed E-state index contributed by atoms with van der Waals surface area (Å²) in [6.45, 7) is 2.35. The molecule has 0 radical (unpaired) electrons. The van der Waals surface area contributed by atoms with Gasteiger partial charge in [-0.05, 0) is 30.2 Å². The Morgan fingerprint density at radius 2 is 2.38 bits per heavy atom. The molecule has 1 aliphatic rings. The standard InChI is InChI=1S/C12H14FN3/c13-11-2-1-9(6-14)10(5-11)7-16-4-3-12(15)8-16/h1-2,5,12H,3-4,7-8,15H2/t12-/m1/s1. The SMILES string of the molecule is N#Cc1ccc(F)cc1CN1CC[C@@H](N)C1. The molecule has 0 unspecified atom stereocenters. The van der Waals surface area contributed by atoms with Crippen LogP contribution in [0.15, 0.2) is 18.2 Å². The van der Waals surface area contributed by atoms with Gasteiger partial charge in [-0.1, -0.05) is 0 Å². The summed E-state index contributed by atoms with van der Waals surface area (Å²) < 4.78 is 13.1. The lowest BCUT2D eigenvalue weighted by molar-refractivity contribution is 0.326. The Balaban J connectivity index is 2.14. The summed E-state index contributed by atoms with van der Waals surface area (Å²) in [6.07, 6.45) is 0.969. The van der Waals surface area contributed by atoms with Crippen LogP contribution in [0.4, 0.5) is 4.39 Å². The molecule has 1 saturated heterocycles. The Hall–Kier alpha value is -1.44. The van der Waals surface area contributed by atoms with Gasteiger partial charge in [0.25, 0.3) is 0 Å². The number of likely N-dealkylation sites (tertiary alicyclic amines) is 1. The van der Waals surface area contributed by atoms with E-state index in [-0.39, 0.29) is 11.9 Å². The van der Waals surface area contributed by atoms with Crippen LogP contribution in [0.3, 0.4) is 0 Å². The van der Waals surface area contributed by atoms with Gasteiger partial charge in [-0.25, -0.2) is 4.39 Å². The van der Waals surface area contributed by atoms with E-state index in [0.29, 0.717) is 12.1 Å². The highest BCUT2D eigenvalue weighted by molar-refractivity contribution is 5.37. The highest BCUT2D eigenvalue weighted by Gasteiger charge is 2.19. The van der Waals surface area contributed by atoms with Crippen molar-refractivity contribution in [2.75, 3.05) is 13.1 Å². The molecule has 0 bridgehead atoms. The topological polar surface area (TPSA) is 53.0 Å². The Kier molecular flexibility index (Phi) is 3.18. The van der Waals surface area contributed by atoms with Crippen molar-refractivity contribution in [3.8, 4) is 6.07 Å². The van der Waals surface area contributed by atoms with Crippen molar-refractivity contribution in [2.45, 2.75) is 19.0 Å². The van der Waals surface area contributed by atoms with E-state index in [4.69, 9.17) is 11.0 Å². The van der Waals surface area contributed by atoms with Crippen molar-refractivity contribution in [1.29, 1.82) is 5.26 Å². The van der Waals surface area contributed by atoms with Gasteiger partial charge in [-0.2, -0.15) is 5.26 Å². The Morgan fingerprint density at radius 1 is 1.56 bits per heavy atom. The van der Waals surface area contributed by atoms with E-state index in [0.717, 1.165) is 25.1 Å². The first-order valence-corrected chi connectivity index (χ1v) is 5.35. The van der Waals surface area contributed by atoms with Crippen LogP contribution in [0.1, 0.15) is 17.5 Å². The van der Waals surface area contributed by atoms with Gasteiger partial charge in [-0.15, -0.1) is 0 Å². The number of hydrogen-bond acceptors (Lipinski definition) is 3. The van der Waals surface area contributed by atoms with E-state index < -0.39 is 0 Å². The first kappa shape index (κ1) is 11.1. The second-order valence-corrected chi connectivity index (χ2v) is 4.20. The van der Waals surface area contributed by atoms with Crippen molar-refractivity contribution in [2.24, 2.45) is 5.73 Å². The lowest BCUT2D eigenvalue weighted by Crippen LogP contribution is -2.26. The van der Waals surface area contributed by atoms with Crippen molar-refractivity contribution in [3.05, 3.63) is 35.1 Å². The first-order chi connectivity index (χ1) is 7.69. The van der Waals surface area contributed by atoms with Gasteiger partial charge in [0.2, 0.25) is 0 Å². The van der Waals surface area contributed by atoms with E-state index in [1.54, 1.807) is 0 Å². The number of halogens is 1. The second kappa shape index (κ2) is 4.60. The van der Waals surface area contributed by atoms with E-state index in [1.165, 1.54) is 18.2 Å². The Labute approximate surface area is 94.3 Å². The number of nitrogens with two attached hydrogens (primary N) is 1. The fourth-order valence-electron chi connectivity index (χ4n) is 2.05. The zero-order valence-corrected chi connectivity index (χ0v) is 8.99. The lowest BCUT2D eigenvalue weighted by Gasteiger charge is -2.15. The van der Waals surface area contributed by atoms with Crippen LogP contribution in [0, 0.1) is 17.1 Å². The summed E-state index contributed by atoms with van der Waals surface area (Å²) in [5, 5.41) is 8.92. The summed E-state index contributed by atoms with van der Waals surface area (Å²) in [5.74, 6) is -0.294. The van der Waals surface area contributed by atoms with Crippen molar-refractivity contribution < 1.29 is 4.39 Å². The van der Waals surface area contributed by atoms with Gasteiger partial charge in [-0.3, -0.25) is 4.90 Å². The molecule has 16 heavy (non-hydrogen) atoms.